The molecular weight excluding hydrogens is 148 g/mol. The molecule has 12 heavy (non-hydrogen) atoms. The highest BCUT2D eigenvalue weighted by Crippen LogP contribution is 2.14. The number of aromatic nitrogens is 1. The highest BCUT2D eigenvalue weighted by Gasteiger charge is 2.10. The standard InChI is InChI=1S/C10H12N2/c1-7-5-9-8(2)11-4-3-10(9)12-6-7/h5-6H,3-4H2,1-2H3. The monoisotopic (exact) mass is 160 g/mol. The fourth-order valence-electron chi connectivity index (χ4n) is 1.52. The van der Waals surface area contributed by atoms with Crippen molar-refractivity contribution in [1.29, 1.82) is 0 Å². The van der Waals surface area contributed by atoms with Crippen molar-refractivity contribution >= 4 is 5.71 Å². The SMILES string of the molecule is CC1=NCCc2ncc(C)cc21. The molecule has 2 heteroatoms. The number of pyridine rings is 1. The zero-order chi connectivity index (χ0) is 8.55. The molecule has 0 atom stereocenters. The van der Waals surface area contributed by atoms with Gasteiger partial charge in [-0.1, -0.05) is 0 Å². The van der Waals surface area contributed by atoms with Crippen LogP contribution in [-0.4, -0.2) is 17.2 Å². The van der Waals surface area contributed by atoms with Crippen molar-refractivity contribution < 1.29 is 0 Å². The van der Waals surface area contributed by atoms with E-state index in [0.717, 1.165) is 18.7 Å². The van der Waals surface area contributed by atoms with Gasteiger partial charge in [0.1, 0.15) is 0 Å². The lowest BCUT2D eigenvalue weighted by Crippen LogP contribution is -2.11. The second kappa shape index (κ2) is 2.70. The summed E-state index contributed by atoms with van der Waals surface area (Å²) in [7, 11) is 0. The van der Waals surface area contributed by atoms with Gasteiger partial charge in [-0.3, -0.25) is 9.98 Å². The number of hydrogen-bond donors (Lipinski definition) is 0. The third-order valence-electron chi connectivity index (χ3n) is 2.19. The summed E-state index contributed by atoms with van der Waals surface area (Å²) in [5.41, 5.74) is 4.78. The van der Waals surface area contributed by atoms with Crippen LogP contribution in [0.3, 0.4) is 0 Å². The van der Waals surface area contributed by atoms with Crippen molar-refractivity contribution in [1.82, 2.24) is 4.98 Å². The predicted molar refractivity (Wildman–Crippen MR) is 49.8 cm³/mol. The maximum absolute atomic E-state index is 4.39. The zero-order valence-electron chi connectivity index (χ0n) is 7.46. The molecule has 0 unspecified atom stereocenters. The van der Waals surface area contributed by atoms with Crippen LogP contribution < -0.4 is 0 Å². The molecule has 1 aromatic heterocycles. The second-order valence-corrected chi connectivity index (χ2v) is 3.22. The van der Waals surface area contributed by atoms with Crippen molar-refractivity contribution in [3.8, 4) is 0 Å². The van der Waals surface area contributed by atoms with Gasteiger partial charge in [0.2, 0.25) is 0 Å². The molecule has 0 bridgehead atoms. The summed E-state index contributed by atoms with van der Waals surface area (Å²) in [4.78, 5) is 8.78. The lowest BCUT2D eigenvalue weighted by molar-refractivity contribution is 0.893. The molecule has 62 valence electrons. The highest BCUT2D eigenvalue weighted by molar-refractivity contribution is 6.00. The number of hydrogen-bond acceptors (Lipinski definition) is 2. The normalized spacial score (nSPS) is 15.3. The van der Waals surface area contributed by atoms with Gasteiger partial charge in [0.15, 0.2) is 0 Å². The smallest absolute Gasteiger partial charge is 0.0512 e. The van der Waals surface area contributed by atoms with Crippen LogP contribution in [0.1, 0.15) is 23.7 Å². The van der Waals surface area contributed by atoms with Crippen molar-refractivity contribution in [2.75, 3.05) is 6.54 Å². The first kappa shape index (κ1) is 7.47. The van der Waals surface area contributed by atoms with E-state index >= 15 is 0 Å². The van der Waals surface area contributed by atoms with E-state index in [1.165, 1.54) is 16.8 Å². The van der Waals surface area contributed by atoms with E-state index in [1.54, 1.807) is 0 Å². The maximum atomic E-state index is 4.39. The molecular formula is C10H12N2. The number of nitrogens with zero attached hydrogens (tertiary/aromatic N) is 2. The van der Waals surface area contributed by atoms with Crippen LogP contribution in [0.2, 0.25) is 0 Å². The molecule has 1 aliphatic rings. The number of fused-ring (bicyclic) bond motifs is 1. The first-order valence-electron chi connectivity index (χ1n) is 4.24. The molecule has 0 N–H and O–H groups in total. The summed E-state index contributed by atoms with van der Waals surface area (Å²) in [6, 6.07) is 2.17. The molecule has 2 heterocycles. The van der Waals surface area contributed by atoms with Gasteiger partial charge in [-0.15, -0.1) is 0 Å². The van der Waals surface area contributed by atoms with Gasteiger partial charge in [-0.25, -0.2) is 0 Å². The summed E-state index contributed by atoms with van der Waals surface area (Å²) in [5.74, 6) is 0. The summed E-state index contributed by atoms with van der Waals surface area (Å²) >= 11 is 0. The molecule has 2 nitrogen and oxygen atoms in total. The minimum absolute atomic E-state index is 0.898. The molecule has 1 aliphatic heterocycles. The van der Waals surface area contributed by atoms with Gasteiger partial charge < -0.3 is 0 Å². The van der Waals surface area contributed by atoms with Crippen LogP contribution in [0.5, 0.6) is 0 Å². The van der Waals surface area contributed by atoms with E-state index in [9.17, 15) is 0 Å². The Kier molecular flexibility index (Phi) is 1.68. The Labute approximate surface area is 72.4 Å². The minimum Gasteiger partial charge on any atom is -0.289 e. The molecule has 0 saturated heterocycles. The van der Waals surface area contributed by atoms with Gasteiger partial charge >= 0.3 is 0 Å². The third kappa shape index (κ3) is 1.13. The van der Waals surface area contributed by atoms with Crippen LogP contribution in [0.15, 0.2) is 17.3 Å². The van der Waals surface area contributed by atoms with Crippen molar-refractivity contribution in [3.05, 3.63) is 29.1 Å². The first-order valence-corrected chi connectivity index (χ1v) is 4.24. The quantitative estimate of drug-likeness (QED) is 0.567. The van der Waals surface area contributed by atoms with Crippen molar-refractivity contribution in [3.63, 3.8) is 0 Å². The van der Waals surface area contributed by atoms with Gasteiger partial charge in [0.05, 0.1) is 5.69 Å². The van der Waals surface area contributed by atoms with Gasteiger partial charge in [0, 0.05) is 30.4 Å². The van der Waals surface area contributed by atoms with Gasteiger partial charge in [0.25, 0.3) is 0 Å². The van der Waals surface area contributed by atoms with Crippen molar-refractivity contribution in [2.24, 2.45) is 4.99 Å². The largest absolute Gasteiger partial charge is 0.289 e. The fraction of sp³-hybridized carbons (Fsp3) is 0.400. The summed E-state index contributed by atoms with van der Waals surface area (Å²) < 4.78 is 0. The Balaban J connectivity index is 2.58. The van der Waals surface area contributed by atoms with Gasteiger partial charge in [-0.05, 0) is 25.5 Å². The van der Waals surface area contributed by atoms with E-state index in [4.69, 9.17) is 0 Å². The Morgan fingerprint density at radius 3 is 3.00 bits per heavy atom. The van der Waals surface area contributed by atoms with E-state index in [-0.39, 0.29) is 0 Å². The summed E-state index contributed by atoms with van der Waals surface area (Å²) in [6.45, 7) is 5.02. The summed E-state index contributed by atoms with van der Waals surface area (Å²) in [5, 5.41) is 0. The number of rotatable bonds is 0. The highest BCUT2D eigenvalue weighted by atomic mass is 14.8. The molecule has 0 amide bonds. The van der Waals surface area contributed by atoms with E-state index < -0.39 is 0 Å². The Morgan fingerprint density at radius 1 is 1.33 bits per heavy atom. The maximum Gasteiger partial charge on any atom is 0.0512 e. The molecule has 0 saturated carbocycles. The lowest BCUT2D eigenvalue weighted by Gasteiger charge is -2.13. The van der Waals surface area contributed by atoms with Gasteiger partial charge in [-0.2, -0.15) is 0 Å². The van der Waals surface area contributed by atoms with Crippen LogP contribution in [0, 0.1) is 6.92 Å². The second-order valence-electron chi connectivity index (χ2n) is 3.22. The molecule has 0 aromatic carbocycles. The molecule has 2 rings (SSSR count). The topological polar surface area (TPSA) is 25.2 Å². The predicted octanol–water partition coefficient (Wildman–Crippen LogP) is 1.76. The molecule has 0 fully saturated rings. The molecule has 0 radical (unpaired) electrons. The van der Waals surface area contributed by atoms with Crippen molar-refractivity contribution in [2.45, 2.75) is 20.3 Å². The summed E-state index contributed by atoms with van der Waals surface area (Å²) in [6.07, 6.45) is 2.92. The Bertz CT molecular complexity index is 340. The number of aliphatic imine (C=N–C) groups is 1. The van der Waals surface area contributed by atoms with Crippen LogP contribution in [0.25, 0.3) is 0 Å². The van der Waals surface area contributed by atoms with Crippen LogP contribution >= 0.6 is 0 Å². The average Bonchev–Trinajstić information content (AvgIpc) is 2.07. The van der Waals surface area contributed by atoms with Crippen LogP contribution in [0.4, 0.5) is 0 Å². The lowest BCUT2D eigenvalue weighted by atomic mass is 10.0. The van der Waals surface area contributed by atoms with E-state index in [1.807, 2.05) is 6.20 Å². The first-order chi connectivity index (χ1) is 5.77. The third-order valence-corrected chi connectivity index (χ3v) is 2.19. The van der Waals surface area contributed by atoms with E-state index in [0.29, 0.717) is 0 Å². The average molecular weight is 160 g/mol. The van der Waals surface area contributed by atoms with Crippen LogP contribution in [-0.2, 0) is 6.42 Å². The molecule has 1 aromatic rings. The molecule has 0 aliphatic carbocycles. The Morgan fingerprint density at radius 2 is 2.17 bits per heavy atom. The minimum atomic E-state index is 0.898. The number of aryl methyl sites for hydroxylation is 1. The zero-order valence-corrected chi connectivity index (χ0v) is 7.46. The molecule has 0 spiro atoms. The van der Waals surface area contributed by atoms with E-state index in [2.05, 4.69) is 29.9 Å². The Hall–Kier alpha value is -1.18. The fourth-order valence-corrected chi connectivity index (χ4v) is 1.52.